The maximum absolute atomic E-state index is 12.8. The highest BCUT2D eigenvalue weighted by Crippen LogP contribution is 2.29. The molecule has 1 aliphatic carbocycles. The van der Waals surface area contributed by atoms with E-state index in [1.54, 1.807) is 36.4 Å². The first kappa shape index (κ1) is 20.5. The number of hydrogen-bond acceptors (Lipinski definition) is 4. The third-order valence-electron chi connectivity index (χ3n) is 4.81. The molecule has 5 nitrogen and oxygen atoms in total. The number of halogens is 2. The number of anilines is 1. The van der Waals surface area contributed by atoms with Gasteiger partial charge < -0.3 is 5.32 Å². The van der Waals surface area contributed by atoms with Crippen LogP contribution in [0.15, 0.2) is 66.2 Å². The van der Waals surface area contributed by atoms with E-state index in [0.717, 1.165) is 0 Å². The second kappa shape index (κ2) is 8.19. The zero-order valence-corrected chi connectivity index (χ0v) is 17.3. The van der Waals surface area contributed by atoms with Crippen molar-refractivity contribution in [2.45, 2.75) is 0 Å². The van der Waals surface area contributed by atoms with Crippen LogP contribution in [0.3, 0.4) is 0 Å². The van der Waals surface area contributed by atoms with Crippen molar-refractivity contribution in [2.24, 2.45) is 0 Å². The monoisotopic (exact) mass is 446 g/mol. The average molecular weight is 447 g/mol. The topological polar surface area (TPSA) is 87.0 Å². The SMILES string of the molecule is N#CC(=Cc1ccc(Cl)cc1Cl)C(=O)Nc1ccc2c(c1)C(=O)c1ccccc1C2=O. The number of nitrogens with zero attached hydrogens (tertiary/aromatic N) is 1. The molecule has 0 heterocycles. The highest BCUT2D eigenvalue weighted by atomic mass is 35.5. The number of ketones is 2. The molecule has 0 aromatic heterocycles. The lowest BCUT2D eigenvalue weighted by atomic mass is 9.84. The zero-order valence-electron chi connectivity index (χ0n) is 15.8. The second-order valence-electron chi connectivity index (χ2n) is 6.75. The largest absolute Gasteiger partial charge is 0.321 e. The first-order chi connectivity index (χ1) is 14.9. The van der Waals surface area contributed by atoms with Gasteiger partial charge >= 0.3 is 0 Å². The van der Waals surface area contributed by atoms with E-state index in [2.05, 4.69) is 5.32 Å². The van der Waals surface area contributed by atoms with Crippen LogP contribution in [0.1, 0.15) is 37.4 Å². The van der Waals surface area contributed by atoms with Crippen molar-refractivity contribution in [3.8, 4) is 6.07 Å². The molecule has 1 N–H and O–H groups in total. The molecule has 0 bridgehead atoms. The number of carbonyl (C=O) groups excluding carboxylic acids is 3. The van der Waals surface area contributed by atoms with Crippen molar-refractivity contribution in [3.63, 3.8) is 0 Å². The number of benzene rings is 3. The highest BCUT2D eigenvalue weighted by Gasteiger charge is 2.29. The highest BCUT2D eigenvalue weighted by molar-refractivity contribution is 6.35. The molecular weight excluding hydrogens is 435 g/mol. The minimum Gasteiger partial charge on any atom is -0.321 e. The summed E-state index contributed by atoms with van der Waals surface area (Å²) >= 11 is 12.0. The summed E-state index contributed by atoms with van der Waals surface area (Å²) in [7, 11) is 0. The Kier molecular flexibility index (Phi) is 5.43. The number of hydrogen-bond donors (Lipinski definition) is 1. The molecule has 0 aliphatic heterocycles. The zero-order chi connectivity index (χ0) is 22.1. The fourth-order valence-corrected chi connectivity index (χ4v) is 3.76. The summed E-state index contributed by atoms with van der Waals surface area (Å²) in [5, 5.41) is 12.7. The third kappa shape index (κ3) is 3.87. The van der Waals surface area contributed by atoms with Crippen molar-refractivity contribution in [3.05, 3.63) is 104 Å². The Hall–Kier alpha value is -3.72. The van der Waals surface area contributed by atoms with E-state index >= 15 is 0 Å². The number of fused-ring (bicyclic) bond motifs is 2. The number of carbonyl (C=O) groups is 3. The molecule has 0 atom stereocenters. The molecule has 1 aliphatic rings. The van der Waals surface area contributed by atoms with Gasteiger partial charge in [0.1, 0.15) is 11.6 Å². The summed E-state index contributed by atoms with van der Waals surface area (Å²) in [5.41, 5.74) is 1.70. The number of rotatable bonds is 3. The van der Waals surface area contributed by atoms with E-state index in [1.165, 1.54) is 30.3 Å². The molecule has 7 heteroatoms. The van der Waals surface area contributed by atoms with Gasteiger partial charge in [-0.2, -0.15) is 5.26 Å². The van der Waals surface area contributed by atoms with Gasteiger partial charge in [0.15, 0.2) is 11.6 Å². The van der Waals surface area contributed by atoms with Crippen LogP contribution < -0.4 is 5.32 Å². The van der Waals surface area contributed by atoms with E-state index < -0.39 is 5.91 Å². The van der Waals surface area contributed by atoms with Gasteiger partial charge in [0, 0.05) is 38.0 Å². The predicted octanol–water partition coefficient (Wildman–Crippen LogP) is 5.31. The third-order valence-corrected chi connectivity index (χ3v) is 5.37. The number of nitrogens with one attached hydrogen (secondary N) is 1. The summed E-state index contributed by atoms with van der Waals surface area (Å²) in [6.07, 6.45) is 1.34. The van der Waals surface area contributed by atoms with Gasteiger partial charge in [-0.1, -0.05) is 53.5 Å². The van der Waals surface area contributed by atoms with Crippen LogP contribution >= 0.6 is 23.2 Å². The maximum atomic E-state index is 12.8. The van der Waals surface area contributed by atoms with Crippen LogP contribution in [0.4, 0.5) is 5.69 Å². The van der Waals surface area contributed by atoms with Crippen LogP contribution in [0.2, 0.25) is 10.0 Å². The van der Waals surface area contributed by atoms with Crippen molar-refractivity contribution in [1.82, 2.24) is 0 Å². The van der Waals surface area contributed by atoms with Crippen molar-refractivity contribution >= 4 is 52.4 Å². The second-order valence-corrected chi connectivity index (χ2v) is 7.60. The van der Waals surface area contributed by atoms with Crippen LogP contribution in [0.25, 0.3) is 6.08 Å². The number of amides is 1. The first-order valence-electron chi connectivity index (χ1n) is 9.09. The van der Waals surface area contributed by atoms with Crippen LogP contribution in [0, 0.1) is 11.3 Å². The van der Waals surface area contributed by atoms with Gasteiger partial charge in [0.05, 0.1) is 0 Å². The average Bonchev–Trinajstić information content (AvgIpc) is 2.77. The molecule has 0 fully saturated rings. The van der Waals surface area contributed by atoms with Gasteiger partial charge in [-0.25, -0.2) is 0 Å². The first-order valence-corrected chi connectivity index (χ1v) is 9.85. The Morgan fingerprint density at radius 3 is 2.16 bits per heavy atom. The van der Waals surface area contributed by atoms with Crippen LogP contribution in [-0.2, 0) is 4.79 Å². The molecule has 31 heavy (non-hydrogen) atoms. The maximum Gasteiger partial charge on any atom is 0.266 e. The van der Waals surface area contributed by atoms with E-state index in [-0.39, 0.29) is 34.0 Å². The molecule has 3 aromatic carbocycles. The van der Waals surface area contributed by atoms with Crippen molar-refractivity contribution in [1.29, 1.82) is 5.26 Å². The summed E-state index contributed by atoms with van der Waals surface area (Å²) < 4.78 is 0. The quantitative estimate of drug-likeness (QED) is 0.341. The summed E-state index contributed by atoms with van der Waals surface area (Å²) in [5.74, 6) is -1.23. The van der Waals surface area contributed by atoms with Gasteiger partial charge in [0.2, 0.25) is 0 Å². The van der Waals surface area contributed by atoms with Gasteiger partial charge in [0.25, 0.3) is 5.91 Å². The molecule has 150 valence electrons. The molecule has 0 radical (unpaired) electrons. The smallest absolute Gasteiger partial charge is 0.266 e. The fraction of sp³-hybridized carbons (Fsp3) is 0. The Morgan fingerprint density at radius 1 is 0.871 bits per heavy atom. The van der Waals surface area contributed by atoms with Gasteiger partial charge in [-0.05, 0) is 42.0 Å². The van der Waals surface area contributed by atoms with E-state index in [4.69, 9.17) is 23.2 Å². The van der Waals surface area contributed by atoms with Crippen molar-refractivity contribution in [2.75, 3.05) is 5.32 Å². The molecule has 1 amide bonds. The van der Waals surface area contributed by atoms with Gasteiger partial charge in [-0.3, -0.25) is 14.4 Å². The van der Waals surface area contributed by atoms with Gasteiger partial charge in [-0.15, -0.1) is 0 Å². The molecule has 0 unspecified atom stereocenters. The summed E-state index contributed by atoms with van der Waals surface area (Å²) in [6.45, 7) is 0. The summed E-state index contributed by atoms with van der Waals surface area (Å²) in [4.78, 5) is 38.1. The lowest BCUT2D eigenvalue weighted by molar-refractivity contribution is -0.112. The molecular formula is C24H12Cl2N2O3. The van der Waals surface area contributed by atoms with Crippen LogP contribution in [-0.4, -0.2) is 17.5 Å². The Morgan fingerprint density at radius 2 is 1.52 bits per heavy atom. The number of nitriles is 1. The summed E-state index contributed by atoms with van der Waals surface area (Å²) in [6, 6.07) is 17.6. The van der Waals surface area contributed by atoms with Crippen LogP contribution in [0.5, 0.6) is 0 Å². The lowest BCUT2D eigenvalue weighted by Crippen LogP contribution is -2.21. The molecule has 0 saturated carbocycles. The van der Waals surface area contributed by atoms with Crippen molar-refractivity contribution < 1.29 is 14.4 Å². The minimum atomic E-state index is -0.677. The molecule has 0 saturated heterocycles. The standard InChI is InChI=1S/C24H12Cl2N2O3/c25-15-6-5-13(21(26)10-15)9-14(12-27)24(31)28-16-7-8-19-20(11-16)23(30)18-4-2-1-3-17(18)22(19)29/h1-11H,(H,28,31). The predicted molar refractivity (Wildman–Crippen MR) is 118 cm³/mol. The minimum absolute atomic E-state index is 0.185. The Balaban J connectivity index is 1.64. The normalized spacial score (nSPS) is 12.6. The molecule has 4 rings (SSSR count). The Bertz CT molecular complexity index is 1350. The van der Waals surface area contributed by atoms with E-state index in [0.29, 0.717) is 26.7 Å². The van der Waals surface area contributed by atoms with E-state index in [9.17, 15) is 19.6 Å². The molecule has 0 spiro atoms. The molecule has 3 aromatic rings. The lowest BCUT2D eigenvalue weighted by Gasteiger charge is -2.18. The van der Waals surface area contributed by atoms with E-state index in [1.807, 2.05) is 6.07 Å². The Labute approximate surface area is 187 Å². The fourth-order valence-electron chi connectivity index (χ4n) is 3.30.